The molecule has 0 unspecified atom stereocenters. The molecule has 21 heavy (non-hydrogen) atoms. The van der Waals surface area contributed by atoms with Crippen molar-refractivity contribution in [2.45, 2.75) is 92.4 Å². The van der Waals surface area contributed by atoms with Crippen LogP contribution in [0.25, 0.3) is 0 Å². The van der Waals surface area contributed by atoms with Gasteiger partial charge in [-0.2, -0.15) is 0 Å². The van der Waals surface area contributed by atoms with Gasteiger partial charge in [-0.3, -0.25) is 0 Å². The van der Waals surface area contributed by atoms with Crippen LogP contribution in [0.5, 0.6) is 0 Å². The highest BCUT2D eigenvalue weighted by Crippen LogP contribution is 2.46. The number of aliphatic hydroxyl groups excluding tert-OH is 1. The Morgan fingerprint density at radius 2 is 1.67 bits per heavy atom. The molecule has 0 bridgehead atoms. The molecule has 1 N–H and O–H groups in total. The first kappa shape index (κ1) is 19.0. The first-order valence-electron chi connectivity index (χ1n) is 9.47. The molecule has 1 nitrogen and oxygen atoms in total. The molecule has 0 aromatic carbocycles. The highest BCUT2D eigenvalue weighted by atomic mass is 16.3. The maximum Gasteiger partial charge on any atom is 0.0433 e. The fraction of sp³-hybridized carbons (Fsp3) is 1.00. The summed E-state index contributed by atoms with van der Waals surface area (Å²) in [6.45, 7) is 12.5. The smallest absolute Gasteiger partial charge is 0.0433 e. The van der Waals surface area contributed by atoms with Crippen molar-refractivity contribution in [1.29, 1.82) is 0 Å². The SMILES string of the molecule is C[C@H](CCO)CCC[C@@H](C)CC[C@@H]1[C@@H](C)CCCC1(C)C. The molecular weight excluding hydrogens is 256 g/mol. The summed E-state index contributed by atoms with van der Waals surface area (Å²) >= 11 is 0. The molecule has 0 radical (unpaired) electrons. The van der Waals surface area contributed by atoms with Gasteiger partial charge in [-0.25, -0.2) is 0 Å². The van der Waals surface area contributed by atoms with Gasteiger partial charge in [0.25, 0.3) is 0 Å². The number of hydrogen-bond donors (Lipinski definition) is 1. The van der Waals surface area contributed by atoms with Crippen LogP contribution < -0.4 is 0 Å². The molecule has 1 aliphatic carbocycles. The molecule has 0 aliphatic heterocycles. The molecular formula is C20H40O. The monoisotopic (exact) mass is 296 g/mol. The Kier molecular flexibility index (Phi) is 8.31. The molecule has 126 valence electrons. The number of rotatable bonds is 9. The van der Waals surface area contributed by atoms with Crippen molar-refractivity contribution < 1.29 is 5.11 Å². The van der Waals surface area contributed by atoms with Gasteiger partial charge in [0.2, 0.25) is 0 Å². The third-order valence-electron chi connectivity index (χ3n) is 6.16. The lowest BCUT2D eigenvalue weighted by molar-refractivity contribution is 0.0706. The summed E-state index contributed by atoms with van der Waals surface area (Å²) in [4.78, 5) is 0. The zero-order valence-electron chi connectivity index (χ0n) is 15.3. The first-order chi connectivity index (χ1) is 9.86. The van der Waals surface area contributed by atoms with Crippen LogP contribution >= 0.6 is 0 Å². The van der Waals surface area contributed by atoms with E-state index >= 15 is 0 Å². The average Bonchev–Trinajstić information content (AvgIpc) is 2.37. The minimum absolute atomic E-state index is 0.353. The molecule has 4 atom stereocenters. The Balaban J connectivity index is 2.24. The molecule has 0 heterocycles. The van der Waals surface area contributed by atoms with E-state index < -0.39 is 0 Å². The third kappa shape index (κ3) is 6.72. The molecule has 0 spiro atoms. The minimum atomic E-state index is 0.353. The fourth-order valence-electron chi connectivity index (χ4n) is 4.50. The topological polar surface area (TPSA) is 20.2 Å². The van der Waals surface area contributed by atoms with Crippen molar-refractivity contribution in [3.8, 4) is 0 Å². The second-order valence-electron chi connectivity index (χ2n) is 8.70. The van der Waals surface area contributed by atoms with E-state index in [1.54, 1.807) is 0 Å². The maximum atomic E-state index is 8.95. The quantitative estimate of drug-likeness (QED) is 0.549. The molecule has 1 rings (SSSR count). The molecule has 0 amide bonds. The van der Waals surface area contributed by atoms with E-state index in [1.165, 1.54) is 51.4 Å². The van der Waals surface area contributed by atoms with Crippen molar-refractivity contribution >= 4 is 0 Å². The Morgan fingerprint density at radius 1 is 1.05 bits per heavy atom. The van der Waals surface area contributed by atoms with Crippen LogP contribution in [0.3, 0.4) is 0 Å². The summed E-state index contributed by atoms with van der Waals surface area (Å²) in [5.41, 5.74) is 0.563. The summed E-state index contributed by atoms with van der Waals surface area (Å²) in [5, 5.41) is 8.95. The van der Waals surface area contributed by atoms with Crippen LogP contribution in [0.2, 0.25) is 0 Å². The normalized spacial score (nSPS) is 28.3. The average molecular weight is 297 g/mol. The zero-order valence-corrected chi connectivity index (χ0v) is 15.3. The van der Waals surface area contributed by atoms with Crippen molar-refractivity contribution in [1.82, 2.24) is 0 Å². The second kappa shape index (κ2) is 9.18. The van der Waals surface area contributed by atoms with Gasteiger partial charge < -0.3 is 5.11 Å². The van der Waals surface area contributed by atoms with Gasteiger partial charge in [0.05, 0.1) is 0 Å². The maximum absolute atomic E-state index is 8.95. The summed E-state index contributed by atoms with van der Waals surface area (Å²) in [5.74, 6) is 3.42. The summed E-state index contributed by atoms with van der Waals surface area (Å²) < 4.78 is 0. The van der Waals surface area contributed by atoms with Crippen molar-refractivity contribution in [3.63, 3.8) is 0 Å². The standard InChI is InChI=1S/C20H40O/c1-16(8-6-9-17(2)13-15-21)11-12-19-18(3)10-7-14-20(19,4)5/h16-19,21H,6-15H2,1-5H3/t16-,17+,18+,19-/m1/s1. The Hall–Kier alpha value is -0.0400. The van der Waals surface area contributed by atoms with Crippen LogP contribution in [0, 0.1) is 29.1 Å². The highest BCUT2D eigenvalue weighted by molar-refractivity contribution is 4.86. The predicted octanol–water partition coefficient (Wildman–Crippen LogP) is 6.05. The third-order valence-corrected chi connectivity index (χ3v) is 6.16. The first-order valence-corrected chi connectivity index (χ1v) is 9.47. The summed E-state index contributed by atoms with van der Waals surface area (Å²) in [6.07, 6.45) is 12.1. The van der Waals surface area contributed by atoms with Crippen LogP contribution in [0.1, 0.15) is 92.4 Å². The fourth-order valence-corrected chi connectivity index (χ4v) is 4.50. The van der Waals surface area contributed by atoms with Crippen molar-refractivity contribution in [2.24, 2.45) is 29.1 Å². The molecule has 1 aliphatic rings. The molecule has 0 aromatic rings. The minimum Gasteiger partial charge on any atom is -0.396 e. The van der Waals surface area contributed by atoms with Crippen LogP contribution in [0.15, 0.2) is 0 Å². The van der Waals surface area contributed by atoms with E-state index in [9.17, 15) is 0 Å². The van der Waals surface area contributed by atoms with Gasteiger partial charge in [-0.05, 0) is 48.3 Å². The summed E-state index contributed by atoms with van der Waals surface area (Å²) in [6, 6.07) is 0. The largest absolute Gasteiger partial charge is 0.396 e. The van der Waals surface area contributed by atoms with E-state index in [1.807, 2.05) is 0 Å². The van der Waals surface area contributed by atoms with Gasteiger partial charge in [0.15, 0.2) is 0 Å². The van der Waals surface area contributed by atoms with E-state index in [-0.39, 0.29) is 0 Å². The molecule has 1 saturated carbocycles. The Labute approximate surface area is 133 Å². The van der Waals surface area contributed by atoms with Gasteiger partial charge in [-0.1, -0.05) is 73.1 Å². The van der Waals surface area contributed by atoms with Crippen molar-refractivity contribution in [3.05, 3.63) is 0 Å². The van der Waals surface area contributed by atoms with Crippen LogP contribution in [-0.4, -0.2) is 11.7 Å². The lowest BCUT2D eigenvalue weighted by Gasteiger charge is -2.43. The van der Waals surface area contributed by atoms with Crippen LogP contribution in [-0.2, 0) is 0 Å². The van der Waals surface area contributed by atoms with Crippen LogP contribution in [0.4, 0.5) is 0 Å². The number of aliphatic hydroxyl groups is 1. The van der Waals surface area contributed by atoms with E-state index in [0.717, 1.165) is 24.2 Å². The van der Waals surface area contributed by atoms with E-state index in [2.05, 4.69) is 34.6 Å². The predicted molar refractivity (Wildman–Crippen MR) is 93.4 cm³/mol. The second-order valence-corrected chi connectivity index (χ2v) is 8.70. The highest BCUT2D eigenvalue weighted by Gasteiger charge is 2.36. The Morgan fingerprint density at radius 3 is 2.24 bits per heavy atom. The lowest BCUT2D eigenvalue weighted by atomic mass is 9.62. The van der Waals surface area contributed by atoms with E-state index in [0.29, 0.717) is 17.9 Å². The summed E-state index contributed by atoms with van der Waals surface area (Å²) in [7, 11) is 0. The van der Waals surface area contributed by atoms with Gasteiger partial charge in [0.1, 0.15) is 0 Å². The van der Waals surface area contributed by atoms with E-state index in [4.69, 9.17) is 5.11 Å². The van der Waals surface area contributed by atoms with Gasteiger partial charge in [0, 0.05) is 6.61 Å². The Bertz CT molecular complexity index is 271. The molecule has 1 heteroatoms. The van der Waals surface area contributed by atoms with Gasteiger partial charge in [-0.15, -0.1) is 0 Å². The van der Waals surface area contributed by atoms with Crippen molar-refractivity contribution in [2.75, 3.05) is 6.61 Å². The number of hydrogen-bond acceptors (Lipinski definition) is 1. The molecule has 1 fully saturated rings. The zero-order chi connectivity index (χ0) is 15.9. The molecule has 0 saturated heterocycles. The molecule has 0 aromatic heterocycles. The van der Waals surface area contributed by atoms with Gasteiger partial charge >= 0.3 is 0 Å². The lowest BCUT2D eigenvalue weighted by Crippen LogP contribution is -2.33.